The van der Waals surface area contributed by atoms with E-state index in [1.807, 2.05) is 18.2 Å². The fourth-order valence-corrected chi connectivity index (χ4v) is 1.83. The van der Waals surface area contributed by atoms with Crippen LogP contribution in [0.2, 0.25) is 0 Å². The molecule has 0 spiro atoms. The number of hydrogen-bond donors (Lipinski definition) is 0. The first kappa shape index (κ1) is 12.9. The van der Waals surface area contributed by atoms with Gasteiger partial charge in [0.1, 0.15) is 11.8 Å². The van der Waals surface area contributed by atoms with Gasteiger partial charge in [-0.2, -0.15) is 17.0 Å². The zero-order valence-corrected chi connectivity index (χ0v) is 10.1. The number of para-hydroxylation sites is 1. The maximum absolute atomic E-state index is 8.84. The summed E-state index contributed by atoms with van der Waals surface area (Å²) in [7, 11) is 1.69. The zero-order valence-electron chi connectivity index (χ0n) is 9.31. The predicted molar refractivity (Wildman–Crippen MR) is 65.9 cm³/mol. The van der Waals surface area contributed by atoms with Gasteiger partial charge in [0.25, 0.3) is 0 Å². The van der Waals surface area contributed by atoms with Crippen molar-refractivity contribution in [2.75, 3.05) is 31.8 Å². The lowest BCUT2D eigenvalue weighted by Gasteiger charge is -2.06. The number of hydrogen-bond acceptors (Lipinski definition) is 4. The number of nitrogens with zero attached hydrogens (tertiary/aromatic N) is 1. The number of ether oxygens (including phenoxy) is 2. The molecular weight excluding hydrogens is 222 g/mol. The smallest absolute Gasteiger partial charge is 0.137 e. The van der Waals surface area contributed by atoms with Crippen molar-refractivity contribution in [2.24, 2.45) is 0 Å². The Morgan fingerprint density at radius 1 is 1.25 bits per heavy atom. The zero-order chi connectivity index (χ0) is 11.6. The molecule has 1 aromatic carbocycles. The minimum absolute atomic E-state index is 0.587. The van der Waals surface area contributed by atoms with Gasteiger partial charge in [0.2, 0.25) is 0 Å². The summed E-state index contributed by atoms with van der Waals surface area (Å²) in [4.78, 5) is 0. The Labute approximate surface area is 100 Å². The summed E-state index contributed by atoms with van der Waals surface area (Å²) in [6.07, 6.45) is 0. The standard InChI is InChI=1S/C12H15NO2S/c1-14-6-8-16-9-7-15-12-5-3-2-4-11(12)10-13/h2-5H,6-9H2,1H3. The Morgan fingerprint density at radius 2 is 2.00 bits per heavy atom. The van der Waals surface area contributed by atoms with Gasteiger partial charge in [-0.25, -0.2) is 0 Å². The lowest BCUT2D eigenvalue weighted by atomic mass is 10.2. The number of benzene rings is 1. The lowest BCUT2D eigenvalue weighted by Crippen LogP contribution is -2.03. The highest BCUT2D eigenvalue weighted by Crippen LogP contribution is 2.16. The van der Waals surface area contributed by atoms with Crippen LogP contribution in [-0.4, -0.2) is 31.8 Å². The second-order valence-electron chi connectivity index (χ2n) is 3.06. The van der Waals surface area contributed by atoms with Crippen molar-refractivity contribution >= 4 is 11.8 Å². The van der Waals surface area contributed by atoms with Gasteiger partial charge in [0.05, 0.1) is 18.8 Å². The number of rotatable bonds is 7. The Balaban J connectivity index is 2.24. The topological polar surface area (TPSA) is 42.2 Å². The minimum atomic E-state index is 0.587. The molecule has 1 rings (SSSR count). The van der Waals surface area contributed by atoms with Crippen molar-refractivity contribution in [3.05, 3.63) is 29.8 Å². The molecule has 86 valence electrons. The molecule has 0 saturated heterocycles. The minimum Gasteiger partial charge on any atom is -0.491 e. The van der Waals surface area contributed by atoms with E-state index < -0.39 is 0 Å². The molecule has 3 nitrogen and oxygen atoms in total. The molecule has 0 unspecified atom stereocenters. The summed E-state index contributed by atoms with van der Waals surface area (Å²) in [6, 6.07) is 9.38. The fourth-order valence-electron chi connectivity index (χ4n) is 1.14. The normalized spacial score (nSPS) is 9.75. The van der Waals surface area contributed by atoms with Crippen molar-refractivity contribution in [2.45, 2.75) is 0 Å². The first-order chi connectivity index (χ1) is 7.88. The SMILES string of the molecule is COCCSCCOc1ccccc1C#N. The number of nitriles is 1. The molecule has 0 saturated carbocycles. The molecule has 4 heteroatoms. The van der Waals surface area contributed by atoms with Crippen molar-refractivity contribution in [3.63, 3.8) is 0 Å². The summed E-state index contributed by atoms with van der Waals surface area (Å²) in [5, 5.41) is 8.84. The summed E-state index contributed by atoms with van der Waals surface area (Å²) < 4.78 is 10.5. The highest BCUT2D eigenvalue weighted by molar-refractivity contribution is 7.99. The fraction of sp³-hybridized carbons (Fsp3) is 0.417. The molecule has 0 aromatic heterocycles. The molecule has 0 amide bonds. The van der Waals surface area contributed by atoms with E-state index in [0.717, 1.165) is 18.1 Å². The van der Waals surface area contributed by atoms with Gasteiger partial charge in [0, 0.05) is 18.6 Å². The first-order valence-corrected chi connectivity index (χ1v) is 6.22. The predicted octanol–water partition coefficient (Wildman–Crippen LogP) is 2.32. The van der Waals surface area contributed by atoms with E-state index in [1.165, 1.54) is 0 Å². The molecule has 16 heavy (non-hydrogen) atoms. The van der Waals surface area contributed by atoms with Crippen LogP contribution in [0.1, 0.15) is 5.56 Å². The van der Waals surface area contributed by atoms with Crippen LogP contribution >= 0.6 is 11.8 Å². The quantitative estimate of drug-likeness (QED) is 0.682. The van der Waals surface area contributed by atoms with Gasteiger partial charge in [0.15, 0.2) is 0 Å². The highest BCUT2D eigenvalue weighted by atomic mass is 32.2. The van der Waals surface area contributed by atoms with Gasteiger partial charge in [-0.1, -0.05) is 12.1 Å². The second-order valence-corrected chi connectivity index (χ2v) is 4.29. The molecule has 0 atom stereocenters. The van der Waals surface area contributed by atoms with E-state index >= 15 is 0 Å². The molecule has 1 aromatic rings. The van der Waals surface area contributed by atoms with Gasteiger partial charge in [-0.3, -0.25) is 0 Å². The van der Waals surface area contributed by atoms with Crippen molar-refractivity contribution in [1.29, 1.82) is 5.26 Å². The molecule has 0 aliphatic heterocycles. The third kappa shape index (κ3) is 4.56. The van der Waals surface area contributed by atoms with Crippen LogP contribution < -0.4 is 4.74 Å². The third-order valence-electron chi connectivity index (χ3n) is 1.92. The maximum Gasteiger partial charge on any atom is 0.137 e. The molecule has 0 N–H and O–H groups in total. The van der Waals surface area contributed by atoms with E-state index in [9.17, 15) is 0 Å². The van der Waals surface area contributed by atoms with Crippen molar-refractivity contribution < 1.29 is 9.47 Å². The van der Waals surface area contributed by atoms with Crippen LogP contribution in [0.15, 0.2) is 24.3 Å². The van der Waals surface area contributed by atoms with Crippen LogP contribution in [0.5, 0.6) is 5.75 Å². The van der Waals surface area contributed by atoms with Crippen LogP contribution in [0.3, 0.4) is 0 Å². The highest BCUT2D eigenvalue weighted by Gasteiger charge is 2.00. The molecular formula is C12H15NO2S. The molecule has 0 bridgehead atoms. The van der Waals surface area contributed by atoms with Crippen molar-refractivity contribution in [1.82, 2.24) is 0 Å². The largest absolute Gasteiger partial charge is 0.491 e. The van der Waals surface area contributed by atoms with Crippen LogP contribution in [0.4, 0.5) is 0 Å². The molecule has 0 aliphatic rings. The third-order valence-corrected chi connectivity index (χ3v) is 2.84. The molecule has 0 heterocycles. The molecule has 0 aliphatic carbocycles. The lowest BCUT2D eigenvalue weighted by molar-refractivity contribution is 0.218. The summed E-state index contributed by atoms with van der Waals surface area (Å²) in [6.45, 7) is 1.38. The number of methoxy groups -OCH3 is 1. The summed E-state index contributed by atoms with van der Waals surface area (Å²) in [5.74, 6) is 2.54. The Morgan fingerprint density at radius 3 is 2.75 bits per heavy atom. The second kappa shape index (κ2) is 8.03. The Kier molecular flexibility index (Phi) is 6.47. The van der Waals surface area contributed by atoms with Crippen LogP contribution in [-0.2, 0) is 4.74 Å². The van der Waals surface area contributed by atoms with E-state index in [4.69, 9.17) is 14.7 Å². The van der Waals surface area contributed by atoms with E-state index in [0.29, 0.717) is 17.9 Å². The first-order valence-electron chi connectivity index (χ1n) is 5.07. The van der Waals surface area contributed by atoms with Crippen LogP contribution in [0, 0.1) is 11.3 Å². The van der Waals surface area contributed by atoms with E-state index in [-0.39, 0.29) is 0 Å². The van der Waals surface area contributed by atoms with Crippen LogP contribution in [0.25, 0.3) is 0 Å². The van der Waals surface area contributed by atoms with Gasteiger partial charge < -0.3 is 9.47 Å². The van der Waals surface area contributed by atoms with Gasteiger partial charge in [-0.15, -0.1) is 0 Å². The Hall–Kier alpha value is -1.18. The summed E-state index contributed by atoms with van der Waals surface area (Å²) >= 11 is 1.78. The average Bonchev–Trinajstić information content (AvgIpc) is 2.34. The molecule has 0 fully saturated rings. The van der Waals surface area contributed by atoms with Gasteiger partial charge in [-0.05, 0) is 12.1 Å². The van der Waals surface area contributed by atoms with Crippen molar-refractivity contribution in [3.8, 4) is 11.8 Å². The maximum atomic E-state index is 8.84. The monoisotopic (exact) mass is 237 g/mol. The average molecular weight is 237 g/mol. The van der Waals surface area contributed by atoms with Gasteiger partial charge >= 0.3 is 0 Å². The number of thioether (sulfide) groups is 1. The van der Waals surface area contributed by atoms with E-state index in [2.05, 4.69) is 6.07 Å². The summed E-state index contributed by atoms with van der Waals surface area (Å²) in [5.41, 5.74) is 0.587. The Bertz CT molecular complexity index is 349. The van der Waals surface area contributed by atoms with E-state index in [1.54, 1.807) is 24.9 Å². The molecule has 0 radical (unpaired) electrons.